The second kappa shape index (κ2) is 14.0. The highest BCUT2D eigenvalue weighted by molar-refractivity contribution is 14.0. The predicted molar refractivity (Wildman–Crippen MR) is 117 cm³/mol. The zero-order chi connectivity index (χ0) is 20.3. The molecule has 0 amide bonds. The lowest BCUT2D eigenvalue weighted by Gasteiger charge is -2.18. The molecule has 9 heteroatoms. The zero-order valence-electron chi connectivity index (χ0n) is 16.7. The van der Waals surface area contributed by atoms with E-state index < -0.39 is 17.6 Å². The second-order valence-electron chi connectivity index (χ2n) is 6.16. The van der Waals surface area contributed by atoms with Crippen molar-refractivity contribution in [3.8, 4) is 0 Å². The molecule has 0 saturated carbocycles. The third-order valence-corrected chi connectivity index (χ3v) is 4.22. The topological polar surface area (TPSA) is 39.7 Å². The summed E-state index contributed by atoms with van der Waals surface area (Å²) in [5.41, 5.74) is -1.04. The van der Waals surface area contributed by atoms with Gasteiger partial charge in [-0.05, 0) is 57.1 Å². The first kappa shape index (κ1) is 26.9. The van der Waals surface area contributed by atoms with Crippen LogP contribution in [0, 0.1) is 5.82 Å². The molecular weight excluding hydrogens is 487 g/mol. The van der Waals surface area contributed by atoms with Gasteiger partial charge in [-0.25, -0.2) is 9.38 Å². The van der Waals surface area contributed by atoms with E-state index in [1.807, 2.05) is 6.92 Å². The molecular formula is C19H31F4IN4. The minimum Gasteiger partial charge on any atom is -0.357 e. The summed E-state index contributed by atoms with van der Waals surface area (Å²) >= 11 is 0. The molecule has 1 rings (SSSR count). The Labute approximate surface area is 182 Å². The molecule has 4 nitrogen and oxygen atoms in total. The number of hydrogen-bond donors (Lipinski definition) is 2. The van der Waals surface area contributed by atoms with Crippen LogP contribution in [-0.2, 0) is 12.7 Å². The maximum atomic E-state index is 13.2. The summed E-state index contributed by atoms with van der Waals surface area (Å²) in [5, 5.41) is 6.15. The summed E-state index contributed by atoms with van der Waals surface area (Å²) in [6.07, 6.45) is -2.64. The number of guanidine groups is 1. The number of nitrogens with zero attached hydrogens (tertiary/aromatic N) is 2. The standard InChI is InChI=1S/C19H30F4N4.HI/c1-4-24-18(25-11-7-8-12-27(5-2)6-3)26-14-15-9-10-16(20)13-17(15)19(21,22)23;/h9-10,13H,4-8,11-12,14H2,1-3H3,(H2,24,25,26);1H. The number of halogens is 5. The molecule has 0 unspecified atom stereocenters. The van der Waals surface area contributed by atoms with E-state index in [-0.39, 0.29) is 36.1 Å². The Hall–Kier alpha value is -1.10. The second-order valence-corrected chi connectivity index (χ2v) is 6.16. The normalized spacial score (nSPS) is 12.1. The summed E-state index contributed by atoms with van der Waals surface area (Å²) in [6.45, 7) is 10.3. The minimum atomic E-state index is -4.61. The summed E-state index contributed by atoms with van der Waals surface area (Å²) in [7, 11) is 0. The van der Waals surface area contributed by atoms with Gasteiger partial charge in [-0.2, -0.15) is 13.2 Å². The van der Waals surface area contributed by atoms with Crippen molar-refractivity contribution in [3.05, 3.63) is 35.1 Å². The van der Waals surface area contributed by atoms with Gasteiger partial charge in [0.1, 0.15) is 5.82 Å². The van der Waals surface area contributed by atoms with Gasteiger partial charge < -0.3 is 15.5 Å². The molecule has 0 aliphatic rings. The van der Waals surface area contributed by atoms with Crippen molar-refractivity contribution in [2.24, 2.45) is 4.99 Å². The summed E-state index contributed by atoms with van der Waals surface area (Å²) < 4.78 is 52.4. The molecule has 0 spiro atoms. The smallest absolute Gasteiger partial charge is 0.357 e. The van der Waals surface area contributed by atoms with Crippen LogP contribution in [0.5, 0.6) is 0 Å². The highest BCUT2D eigenvalue weighted by atomic mass is 127. The first-order chi connectivity index (χ1) is 12.8. The van der Waals surface area contributed by atoms with E-state index in [2.05, 4.69) is 34.4 Å². The molecule has 0 bridgehead atoms. The quantitative estimate of drug-likeness (QED) is 0.156. The first-order valence-corrected chi connectivity index (χ1v) is 9.41. The molecule has 2 N–H and O–H groups in total. The lowest BCUT2D eigenvalue weighted by molar-refractivity contribution is -0.138. The van der Waals surface area contributed by atoms with Gasteiger partial charge in [0, 0.05) is 13.1 Å². The van der Waals surface area contributed by atoms with Crippen LogP contribution in [0.3, 0.4) is 0 Å². The Morgan fingerprint density at radius 3 is 2.32 bits per heavy atom. The van der Waals surface area contributed by atoms with Crippen LogP contribution in [0.1, 0.15) is 44.7 Å². The first-order valence-electron chi connectivity index (χ1n) is 9.41. The number of aliphatic imine (C=N–C) groups is 1. The number of hydrogen-bond acceptors (Lipinski definition) is 2. The van der Waals surface area contributed by atoms with Crippen molar-refractivity contribution < 1.29 is 17.6 Å². The molecule has 1 aromatic rings. The van der Waals surface area contributed by atoms with Crippen molar-refractivity contribution in [1.29, 1.82) is 0 Å². The monoisotopic (exact) mass is 518 g/mol. The van der Waals surface area contributed by atoms with Gasteiger partial charge in [0.15, 0.2) is 5.96 Å². The fourth-order valence-electron chi connectivity index (χ4n) is 2.66. The van der Waals surface area contributed by atoms with Crippen molar-refractivity contribution in [1.82, 2.24) is 15.5 Å². The molecule has 0 aliphatic heterocycles. The van der Waals surface area contributed by atoms with Crippen molar-refractivity contribution in [2.75, 3.05) is 32.7 Å². The van der Waals surface area contributed by atoms with E-state index in [9.17, 15) is 17.6 Å². The summed E-state index contributed by atoms with van der Waals surface area (Å²) in [5.74, 6) is -0.453. The van der Waals surface area contributed by atoms with Gasteiger partial charge in [0.05, 0.1) is 12.1 Å². The third-order valence-electron chi connectivity index (χ3n) is 4.22. The van der Waals surface area contributed by atoms with Gasteiger partial charge in [0.2, 0.25) is 0 Å². The van der Waals surface area contributed by atoms with Gasteiger partial charge in [0.25, 0.3) is 0 Å². The fraction of sp³-hybridized carbons (Fsp3) is 0.632. The van der Waals surface area contributed by atoms with Crippen LogP contribution in [0.15, 0.2) is 23.2 Å². The maximum absolute atomic E-state index is 13.2. The number of rotatable bonds is 10. The molecule has 0 fully saturated rings. The van der Waals surface area contributed by atoms with Gasteiger partial charge in [-0.15, -0.1) is 24.0 Å². The van der Waals surface area contributed by atoms with Gasteiger partial charge in [-0.3, -0.25) is 0 Å². The van der Waals surface area contributed by atoms with Crippen molar-refractivity contribution in [2.45, 2.75) is 46.3 Å². The Morgan fingerprint density at radius 1 is 1.07 bits per heavy atom. The van der Waals surface area contributed by atoms with Crippen LogP contribution < -0.4 is 10.6 Å². The van der Waals surface area contributed by atoms with Crippen LogP contribution in [0.4, 0.5) is 17.6 Å². The van der Waals surface area contributed by atoms with E-state index in [1.54, 1.807) is 0 Å². The maximum Gasteiger partial charge on any atom is 0.416 e. The van der Waals surface area contributed by atoms with E-state index in [1.165, 1.54) is 0 Å². The van der Waals surface area contributed by atoms with E-state index in [4.69, 9.17) is 0 Å². The van der Waals surface area contributed by atoms with Crippen LogP contribution in [0.2, 0.25) is 0 Å². The number of unbranched alkanes of at least 4 members (excludes halogenated alkanes) is 1. The molecule has 162 valence electrons. The van der Waals surface area contributed by atoms with Gasteiger partial charge in [-0.1, -0.05) is 19.9 Å². The van der Waals surface area contributed by atoms with E-state index in [0.29, 0.717) is 25.1 Å². The van der Waals surface area contributed by atoms with E-state index in [0.717, 1.165) is 44.6 Å². The predicted octanol–water partition coefficient (Wildman–Crippen LogP) is 4.64. The Bertz CT molecular complexity index is 590. The Balaban J connectivity index is 0.00000729. The zero-order valence-corrected chi connectivity index (χ0v) is 19.0. The molecule has 0 saturated heterocycles. The number of benzene rings is 1. The summed E-state index contributed by atoms with van der Waals surface area (Å²) in [4.78, 5) is 6.55. The van der Waals surface area contributed by atoms with Crippen LogP contribution in [-0.4, -0.2) is 43.6 Å². The lowest BCUT2D eigenvalue weighted by atomic mass is 10.1. The molecule has 0 aliphatic carbocycles. The van der Waals surface area contributed by atoms with Gasteiger partial charge >= 0.3 is 6.18 Å². The molecule has 28 heavy (non-hydrogen) atoms. The molecule has 0 atom stereocenters. The largest absolute Gasteiger partial charge is 0.416 e. The summed E-state index contributed by atoms with van der Waals surface area (Å²) in [6, 6.07) is 2.67. The minimum absolute atomic E-state index is 0. The average molecular weight is 518 g/mol. The third kappa shape index (κ3) is 9.90. The highest BCUT2D eigenvalue weighted by Crippen LogP contribution is 2.32. The fourth-order valence-corrected chi connectivity index (χ4v) is 2.66. The highest BCUT2D eigenvalue weighted by Gasteiger charge is 2.33. The molecule has 0 aromatic heterocycles. The van der Waals surface area contributed by atoms with Crippen LogP contribution in [0.25, 0.3) is 0 Å². The Kier molecular flexibility index (Phi) is 13.4. The average Bonchev–Trinajstić information content (AvgIpc) is 2.62. The number of alkyl halides is 3. The van der Waals surface area contributed by atoms with E-state index >= 15 is 0 Å². The van der Waals surface area contributed by atoms with Crippen molar-refractivity contribution in [3.63, 3.8) is 0 Å². The van der Waals surface area contributed by atoms with Crippen molar-refractivity contribution >= 4 is 29.9 Å². The SMILES string of the molecule is CCNC(=NCc1ccc(F)cc1C(F)(F)F)NCCCCN(CC)CC.I. The molecule has 0 radical (unpaired) electrons. The lowest BCUT2D eigenvalue weighted by Crippen LogP contribution is -2.38. The van der Waals surface area contributed by atoms with Crippen LogP contribution >= 0.6 is 24.0 Å². The Morgan fingerprint density at radius 2 is 1.75 bits per heavy atom. The molecule has 0 heterocycles. The number of nitrogens with one attached hydrogen (secondary N) is 2. The molecule has 1 aromatic carbocycles.